The second-order valence-electron chi connectivity index (χ2n) is 6.64. The summed E-state index contributed by atoms with van der Waals surface area (Å²) in [6.45, 7) is 0.532. The molecule has 0 saturated heterocycles. The fraction of sp³-hybridized carbons (Fsp3) is 0.0952. The van der Waals surface area contributed by atoms with Crippen LogP contribution in [0.3, 0.4) is 0 Å². The van der Waals surface area contributed by atoms with Crippen molar-refractivity contribution >= 4 is 17.6 Å². The molecule has 2 aromatic carbocycles. The SMILES string of the molecule is N=C(N)c1ccc(Cc2cn(Cc3cccc(C(=N)N)c3)cc2C(N)=O)cc1. The lowest BCUT2D eigenvalue weighted by atomic mass is 10.0. The summed E-state index contributed by atoms with van der Waals surface area (Å²) >= 11 is 0. The van der Waals surface area contributed by atoms with Gasteiger partial charge in [-0.3, -0.25) is 15.6 Å². The molecule has 7 nitrogen and oxygen atoms in total. The summed E-state index contributed by atoms with van der Waals surface area (Å²) in [5.41, 5.74) is 21.2. The number of carbonyl (C=O) groups is 1. The largest absolute Gasteiger partial charge is 0.384 e. The molecular formula is C21H22N6O. The molecule has 1 heterocycles. The predicted octanol–water partition coefficient (Wildman–Crippen LogP) is 1.79. The van der Waals surface area contributed by atoms with Crippen molar-refractivity contribution in [1.29, 1.82) is 10.8 Å². The lowest BCUT2D eigenvalue weighted by Gasteiger charge is -2.06. The Morgan fingerprint density at radius 3 is 2.14 bits per heavy atom. The minimum atomic E-state index is -0.480. The first-order valence-corrected chi connectivity index (χ1v) is 8.68. The van der Waals surface area contributed by atoms with Crippen LogP contribution < -0.4 is 17.2 Å². The third-order valence-electron chi connectivity index (χ3n) is 4.49. The zero-order chi connectivity index (χ0) is 20.3. The summed E-state index contributed by atoms with van der Waals surface area (Å²) in [4.78, 5) is 11.9. The van der Waals surface area contributed by atoms with Crippen molar-refractivity contribution in [1.82, 2.24) is 4.57 Å². The van der Waals surface area contributed by atoms with Crippen molar-refractivity contribution in [3.05, 3.63) is 94.3 Å². The second-order valence-corrected chi connectivity index (χ2v) is 6.64. The quantitative estimate of drug-likeness (QED) is 0.317. The molecule has 3 aromatic rings. The van der Waals surface area contributed by atoms with Gasteiger partial charge in [0.1, 0.15) is 11.7 Å². The number of nitrogens with zero attached hydrogens (tertiary/aromatic N) is 1. The van der Waals surface area contributed by atoms with Gasteiger partial charge in [0.25, 0.3) is 5.91 Å². The van der Waals surface area contributed by atoms with Crippen molar-refractivity contribution in [3.63, 3.8) is 0 Å². The fourth-order valence-electron chi connectivity index (χ4n) is 3.08. The van der Waals surface area contributed by atoms with Gasteiger partial charge in [-0.2, -0.15) is 0 Å². The van der Waals surface area contributed by atoms with Gasteiger partial charge >= 0.3 is 0 Å². The molecule has 0 aliphatic carbocycles. The van der Waals surface area contributed by atoms with Crippen LogP contribution in [0, 0.1) is 10.8 Å². The van der Waals surface area contributed by atoms with Crippen LogP contribution in [0.1, 0.15) is 38.2 Å². The number of amidine groups is 2. The molecule has 0 fully saturated rings. The van der Waals surface area contributed by atoms with Crippen LogP contribution in [0.25, 0.3) is 0 Å². The molecule has 28 heavy (non-hydrogen) atoms. The molecule has 0 saturated carbocycles. The Labute approximate surface area is 162 Å². The molecule has 142 valence electrons. The summed E-state index contributed by atoms with van der Waals surface area (Å²) in [6.07, 6.45) is 4.18. The van der Waals surface area contributed by atoms with Crippen molar-refractivity contribution in [2.45, 2.75) is 13.0 Å². The van der Waals surface area contributed by atoms with E-state index >= 15 is 0 Å². The molecule has 1 amide bonds. The molecule has 0 spiro atoms. The number of nitrogens with one attached hydrogen (secondary N) is 2. The van der Waals surface area contributed by atoms with Gasteiger partial charge in [-0.15, -0.1) is 0 Å². The Hall–Kier alpha value is -3.87. The summed E-state index contributed by atoms with van der Waals surface area (Å²) < 4.78 is 1.90. The summed E-state index contributed by atoms with van der Waals surface area (Å²) in [7, 11) is 0. The second kappa shape index (κ2) is 7.79. The molecule has 0 radical (unpaired) electrons. The number of nitrogen functional groups attached to an aromatic ring is 2. The molecule has 7 heteroatoms. The predicted molar refractivity (Wildman–Crippen MR) is 110 cm³/mol. The Balaban J connectivity index is 1.85. The van der Waals surface area contributed by atoms with E-state index in [0.717, 1.165) is 16.7 Å². The highest BCUT2D eigenvalue weighted by Gasteiger charge is 2.13. The number of benzene rings is 2. The van der Waals surface area contributed by atoms with Gasteiger partial charge in [0.2, 0.25) is 0 Å². The van der Waals surface area contributed by atoms with E-state index in [-0.39, 0.29) is 11.7 Å². The molecule has 1 aromatic heterocycles. The summed E-state index contributed by atoms with van der Waals surface area (Å²) in [5, 5.41) is 15.0. The van der Waals surface area contributed by atoms with Gasteiger partial charge in [0.15, 0.2) is 0 Å². The third-order valence-corrected chi connectivity index (χ3v) is 4.49. The molecule has 3 rings (SSSR count). The van der Waals surface area contributed by atoms with Crippen LogP contribution in [-0.2, 0) is 13.0 Å². The average molecular weight is 374 g/mol. The Morgan fingerprint density at radius 2 is 1.54 bits per heavy atom. The smallest absolute Gasteiger partial charge is 0.250 e. The lowest BCUT2D eigenvalue weighted by molar-refractivity contribution is 0.0999. The maximum atomic E-state index is 11.9. The standard InChI is InChI=1S/C21H22N6O/c22-19(23)15-6-4-13(5-7-15)8-17-11-27(12-18(17)21(26)28)10-14-2-1-3-16(9-14)20(24)25/h1-7,9,11-12H,8,10H2,(H3,22,23)(H3,24,25)(H2,26,28). The van der Waals surface area contributed by atoms with Crippen molar-refractivity contribution in [2.75, 3.05) is 0 Å². The van der Waals surface area contributed by atoms with Crippen molar-refractivity contribution < 1.29 is 4.79 Å². The van der Waals surface area contributed by atoms with Crippen LogP contribution in [-0.4, -0.2) is 22.1 Å². The average Bonchev–Trinajstić information content (AvgIpc) is 3.05. The molecular weight excluding hydrogens is 352 g/mol. The maximum absolute atomic E-state index is 11.9. The van der Waals surface area contributed by atoms with Crippen LogP contribution in [0.2, 0.25) is 0 Å². The molecule has 0 atom stereocenters. The van der Waals surface area contributed by atoms with Crippen LogP contribution in [0.4, 0.5) is 0 Å². The first-order valence-electron chi connectivity index (χ1n) is 8.68. The van der Waals surface area contributed by atoms with Gasteiger partial charge in [-0.05, 0) is 29.2 Å². The van der Waals surface area contributed by atoms with E-state index in [0.29, 0.717) is 29.7 Å². The van der Waals surface area contributed by atoms with Gasteiger partial charge in [0.05, 0.1) is 5.56 Å². The number of carbonyl (C=O) groups excluding carboxylic acids is 1. The van der Waals surface area contributed by atoms with E-state index in [1.807, 2.05) is 41.1 Å². The monoisotopic (exact) mass is 374 g/mol. The van der Waals surface area contributed by atoms with E-state index in [4.69, 9.17) is 28.0 Å². The third kappa shape index (κ3) is 4.27. The number of aromatic nitrogens is 1. The Bertz CT molecular complexity index is 1050. The highest BCUT2D eigenvalue weighted by atomic mass is 16.1. The van der Waals surface area contributed by atoms with Gasteiger partial charge < -0.3 is 21.8 Å². The highest BCUT2D eigenvalue weighted by Crippen LogP contribution is 2.18. The molecule has 0 aliphatic heterocycles. The van der Waals surface area contributed by atoms with Gasteiger partial charge in [-0.1, -0.05) is 42.5 Å². The minimum Gasteiger partial charge on any atom is -0.384 e. The number of hydrogen-bond acceptors (Lipinski definition) is 3. The zero-order valence-corrected chi connectivity index (χ0v) is 15.3. The van der Waals surface area contributed by atoms with Gasteiger partial charge in [-0.25, -0.2) is 0 Å². The first kappa shape index (κ1) is 18.9. The zero-order valence-electron chi connectivity index (χ0n) is 15.3. The van der Waals surface area contributed by atoms with E-state index in [9.17, 15) is 4.79 Å². The molecule has 0 bridgehead atoms. The topological polar surface area (TPSA) is 148 Å². The van der Waals surface area contributed by atoms with E-state index < -0.39 is 5.91 Å². The summed E-state index contributed by atoms with van der Waals surface area (Å²) in [6, 6.07) is 14.8. The Morgan fingerprint density at radius 1 is 0.857 bits per heavy atom. The van der Waals surface area contributed by atoms with Crippen LogP contribution in [0.15, 0.2) is 60.9 Å². The number of amides is 1. The van der Waals surface area contributed by atoms with E-state index in [1.165, 1.54) is 0 Å². The molecule has 0 unspecified atom stereocenters. The minimum absolute atomic E-state index is 0.0156. The van der Waals surface area contributed by atoms with E-state index in [1.54, 1.807) is 24.4 Å². The Kier molecular flexibility index (Phi) is 5.26. The van der Waals surface area contributed by atoms with Crippen molar-refractivity contribution in [2.24, 2.45) is 17.2 Å². The molecule has 0 aliphatic rings. The van der Waals surface area contributed by atoms with Gasteiger partial charge in [0, 0.05) is 30.1 Å². The van der Waals surface area contributed by atoms with Crippen LogP contribution >= 0.6 is 0 Å². The fourth-order valence-corrected chi connectivity index (χ4v) is 3.08. The number of hydrogen-bond donors (Lipinski definition) is 5. The number of rotatable bonds is 7. The number of primary amides is 1. The first-order chi connectivity index (χ1) is 13.3. The van der Waals surface area contributed by atoms with Crippen LogP contribution in [0.5, 0.6) is 0 Å². The molecule has 8 N–H and O–H groups in total. The number of nitrogens with two attached hydrogens (primary N) is 3. The summed E-state index contributed by atoms with van der Waals surface area (Å²) in [5.74, 6) is -0.447. The van der Waals surface area contributed by atoms with Crippen molar-refractivity contribution in [3.8, 4) is 0 Å². The normalized spacial score (nSPS) is 10.6. The van der Waals surface area contributed by atoms with E-state index in [2.05, 4.69) is 0 Å². The highest BCUT2D eigenvalue weighted by molar-refractivity contribution is 5.96. The maximum Gasteiger partial charge on any atom is 0.250 e. The lowest BCUT2D eigenvalue weighted by Crippen LogP contribution is -2.12.